The van der Waals surface area contributed by atoms with Crippen LogP contribution in [0.15, 0.2) is 12.8 Å². The maximum Gasteiger partial charge on any atom is 0.322 e. The summed E-state index contributed by atoms with van der Waals surface area (Å²) < 4.78 is 4.90. The standard InChI is InChI=1S/C8H14N2O3/c1-2-13-6-5-9-3-4-10(7-11)8(9)12/h2,11H,1,3-7H2. The van der Waals surface area contributed by atoms with Gasteiger partial charge in [0.2, 0.25) is 0 Å². The summed E-state index contributed by atoms with van der Waals surface area (Å²) in [5.74, 6) is 0. The Bertz CT molecular complexity index is 196. The molecule has 2 amide bonds. The third-order valence-corrected chi connectivity index (χ3v) is 1.95. The van der Waals surface area contributed by atoms with Crippen LogP contribution >= 0.6 is 0 Å². The van der Waals surface area contributed by atoms with Crippen molar-refractivity contribution in [3.63, 3.8) is 0 Å². The molecule has 5 nitrogen and oxygen atoms in total. The first-order valence-corrected chi connectivity index (χ1v) is 4.17. The van der Waals surface area contributed by atoms with Crippen molar-refractivity contribution in [2.45, 2.75) is 0 Å². The molecule has 0 bridgehead atoms. The maximum atomic E-state index is 11.3. The van der Waals surface area contributed by atoms with E-state index in [-0.39, 0.29) is 12.8 Å². The zero-order valence-electron chi connectivity index (χ0n) is 7.48. The van der Waals surface area contributed by atoms with Gasteiger partial charge in [-0.3, -0.25) is 4.90 Å². The fraction of sp³-hybridized carbons (Fsp3) is 0.625. The number of amides is 2. The van der Waals surface area contributed by atoms with E-state index in [4.69, 9.17) is 9.84 Å². The highest BCUT2D eigenvalue weighted by atomic mass is 16.5. The molecule has 0 unspecified atom stereocenters. The van der Waals surface area contributed by atoms with E-state index in [2.05, 4.69) is 6.58 Å². The highest BCUT2D eigenvalue weighted by Crippen LogP contribution is 2.06. The molecule has 1 aliphatic heterocycles. The summed E-state index contributed by atoms with van der Waals surface area (Å²) >= 11 is 0. The van der Waals surface area contributed by atoms with Crippen LogP contribution in [0.3, 0.4) is 0 Å². The lowest BCUT2D eigenvalue weighted by Crippen LogP contribution is -2.34. The Morgan fingerprint density at radius 1 is 1.54 bits per heavy atom. The van der Waals surface area contributed by atoms with E-state index in [0.29, 0.717) is 26.2 Å². The number of urea groups is 1. The average Bonchev–Trinajstić information content (AvgIpc) is 2.48. The van der Waals surface area contributed by atoms with Crippen LogP contribution < -0.4 is 0 Å². The second-order valence-electron chi connectivity index (χ2n) is 2.71. The molecule has 1 saturated heterocycles. The minimum atomic E-state index is -0.211. The van der Waals surface area contributed by atoms with Gasteiger partial charge < -0.3 is 14.7 Å². The number of ether oxygens (including phenoxy) is 1. The Hall–Kier alpha value is -1.23. The van der Waals surface area contributed by atoms with Crippen molar-refractivity contribution >= 4 is 6.03 Å². The van der Waals surface area contributed by atoms with Crippen LogP contribution in [0, 0.1) is 0 Å². The minimum absolute atomic E-state index is 0.129. The molecule has 0 aromatic heterocycles. The fourth-order valence-corrected chi connectivity index (χ4v) is 1.22. The third kappa shape index (κ3) is 2.35. The van der Waals surface area contributed by atoms with Gasteiger partial charge in [-0.15, -0.1) is 0 Å². The number of nitrogens with zero attached hydrogens (tertiary/aromatic N) is 2. The third-order valence-electron chi connectivity index (χ3n) is 1.95. The highest BCUT2D eigenvalue weighted by Gasteiger charge is 2.26. The monoisotopic (exact) mass is 186 g/mol. The molecule has 0 aliphatic carbocycles. The predicted molar refractivity (Wildman–Crippen MR) is 46.9 cm³/mol. The predicted octanol–water partition coefficient (Wildman–Crippen LogP) is -0.166. The number of carbonyl (C=O) groups is 1. The summed E-state index contributed by atoms with van der Waals surface area (Å²) in [4.78, 5) is 14.4. The van der Waals surface area contributed by atoms with E-state index in [0.717, 1.165) is 0 Å². The zero-order chi connectivity index (χ0) is 9.68. The summed E-state index contributed by atoms with van der Waals surface area (Å²) in [7, 11) is 0. The molecule has 74 valence electrons. The first-order chi connectivity index (χ1) is 6.29. The van der Waals surface area contributed by atoms with Gasteiger partial charge in [-0.2, -0.15) is 0 Å². The maximum absolute atomic E-state index is 11.3. The molecule has 1 N–H and O–H groups in total. The smallest absolute Gasteiger partial charge is 0.322 e. The number of rotatable bonds is 5. The first-order valence-electron chi connectivity index (χ1n) is 4.17. The Labute approximate surface area is 77.2 Å². The Morgan fingerprint density at radius 2 is 2.23 bits per heavy atom. The second kappa shape index (κ2) is 4.71. The Balaban J connectivity index is 2.28. The SMILES string of the molecule is C=COCCN1CCN(CO)C1=O. The van der Waals surface area contributed by atoms with E-state index < -0.39 is 0 Å². The van der Waals surface area contributed by atoms with E-state index >= 15 is 0 Å². The minimum Gasteiger partial charge on any atom is -0.500 e. The number of hydrogen-bond donors (Lipinski definition) is 1. The summed E-state index contributed by atoms with van der Waals surface area (Å²) in [5, 5.41) is 8.76. The van der Waals surface area contributed by atoms with Crippen LogP contribution in [-0.2, 0) is 4.74 Å². The van der Waals surface area contributed by atoms with Crippen molar-refractivity contribution in [3.8, 4) is 0 Å². The summed E-state index contributed by atoms with van der Waals surface area (Å²) in [6.45, 7) is 5.42. The number of hydrogen-bond acceptors (Lipinski definition) is 3. The molecule has 0 atom stereocenters. The molecule has 0 spiro atoms. The van der Waals surface area contributed by atoms with Gasteiger partial charge >= 0.3 is 6.03 Å². The molecule has 0 aromatic rings. The van der Waals surface area contributed by atoms with Crippen LogP contribution in [-0.4, -0.2) is 53.9 Å². The van der Waals surface area contributed by atoms with Crippen molar-refractivity contribution in [2.24, 2.45) is 0 Å². The molecule has 13 heavy (non-hydrogen) atoms. The van der Waals surface area contributed by atoms with Crippen molar-refractivity contribution in [3.05, 3.63) is 12.8 Å². The summed E-state index contributed by atoms with van der Waals surface area (Å²) in [6.07, 6.45) is 1.35. The molecule has 1 fully saturated rings. The second-order valence-corrected chi connectivity index (χ2v) is 2.71. The molecule has 0 saturated carbocycles. The van der Waals surface area contributed by atoms with Gasteiger partial charge in [0.1, 0.15) is 13.3 Å². The number of aliphatic hydroxyl groups is 1. The summed E-state index contributed by atoms with van der Waals surface area (Å²) in [5.41, 5.74) is 0. The summed E-state index contributed by atoms with van der Waals surface area (Å²) in [6, 6.07) is -0.129. The number of aliphatic hydroxyl groups excluding tert-OH is 1. The highest BCUT2D eigenvalue weighted by molar-refractivity contribution is 5.76. The molecule has 5 heteroatoms. The normalized spacial score (nSPS) is 16.5. The van der Waals surface area contributed by atoms with E-state index in [1.54, 1.807) is 4.90 Å². The van der Waals surface area contributed by atoms with Gasteiger partial charge in [0, 0.05) is 13.1 Å². The zero-order valence-corrected chi connectivity index (χ0v) is 7.48. The molecule has 1 rings (SSSR count). The average molecular weight is 186 g/mol. The molecular weight excluding hydrogens is 172 g/mol. The van der Waals surface area contributed by atoms with Gasteiger partial charge in [-0.1, -0.05) is 6.58 Å². The lowest BCUT2D eigenvalue weighted by Gasteiger charge is -2.16. The number of carbonyl (C=O) groups excluding carboxylic acids is 1. The molecule has 1 heterocycles. The van der Waals surface area contributed by atoms with Crippen LogP contribution in [0.2, 0.25) is 0 Å². The Morgan fingerprint density at radius 3 is 2.77 bits per heavy atom. The molecule has 0 aromatic carbocycles. The van der Waals surface area contributed by atoms with Crippen molar-refractivity contribution in [2.75, 3.05) is 33.0 Å². The lowest BCUT2D eigenvalue weighted by atomic mass is 10.5. The van der Waals surface area contributed by atoms with E-state index in [1.807, 2.05) is 0 Å². The van der Waals surface area contributed by atoms with Gasteiger partial charge in [0.05, 0.1) is 12.8 Å². The van der Waals surface area contributed by atoms with Crippen molar-refractivity contribution in [1.29, 1.82) is 0 Å². The quantitative estimate of drug-likeness (QED) is 0.479. The topological polar surface area (TPSA) is 53.0 Å². The molecular formula is C8H14N2O3. The van der Waals surface area contributed by atoms with Gasteiger partial charge in [-0.25, -0.2) is 4.79 Å². The van der Waals surface area contributed by atoms with E-state index in [1.165, 1.54) is 11.2 Å². The Kier molecular flexibility index (Phi) is 3.57. The van der Waals surface area contributed by atoms with Crippen molar-refractivity contribution < 1.29 is 14.6 Å². The van der Waals surface area contributed by atoms with Gasteiger partial charge in [0.25, 0.3) is 0 Å². The van der Waals surface area contributed by atoms with Crippen LogP contribution in [0.5, 0.6) is 0 Å². The largest absolute Gasteiger partial charge is 0.500 e. The van der Waals surface area contributed by atoms with E-state index in [9.17, 15) is 4.79 Å². The fourth-order valence-electron chi connectivity index (χ4n) is 1.22. The van der Waals surface area contributed by atoms with Crippen LogP contribution in [0.4, 0.5) is 4.79 Å². The van der Waals surface area contributed by atoms with Crippen LogP contribution in [0.25, 0.3) is 0 Å². The lowest BCUT2D eigenvalue weighted by molar-refractivity contribution is 0.130. The van der Waals surface area contributed by atoms with Crippen LogP contribution in [0.1, 0.15) is 0 Å². The molecule has 1 aliphatic rings. The molecule has 0 radical (unpaired) electrons. The van der Waals surface area contributed by atoms with Gasteiger partial charge in [-0.05, 0) is 0 Å². The first kappa shape index (κ1) is 9.85. The van der Waals surface area contributed by atoms with Crippen molar-refractivity contribution in [1.82, 2.24) is 9.80 Å². The van der Waals surface area contributed by atoms with Gasteiger partial charge in [0.15, 0.2) is 0 Å².